The van der Waals surface area contributed by atoms with Crippen molar-refractivity contribution in [2.24, 2.45) is 5.73 Å². The van der Waals surface area contributed by atoms with Crippen LogP contribution in [0.1, 0.15) is 17.5 Å². The Balaban J connectivity index is 2.44. The SMILES string of the molecule is COc1cc2c(c(OC)c1)C[C@@H](N)CC2. The van der Waals surface area contributed by atoms with E-state index >= 15 is 0 Å². The highest BCUT2D eigenvalue weighted by Crippen LogP contribution is 2.33. The van der Waals surface area contributed by atoms with Crippen molar-refractivity contribution >= 4 is 0 Å². The molecule has 1 aliphatic carbocycles. The molecule has 0 aliphatic heterocycles. The molecule has 2 N–H and O–H groups in total. The van der Waals surface area contributed by atoms with Gasteiger partial charge in [0.15, 0.2) is 0 Å². The van der Waals surface area contributed by atoms with E-state index in [-0.39, 0.29) is 6.04 Å². The molecule has 0 amide bonds. The number of benzene rings is 1. The summed E-state index contributed by atoms with van der Waals surface area (Å²) in [7, 11) is 3.37. The second-order valence-electron chi connectivity index (χ2n) is 3.97. The highest BCUT2D eigenvalue weighted by molar-refractivity contribution is 5.48. The van der Waals surface area contributed by atoms with E-state index in [0.717, 1.165) is 30.8 Å². The van der Waals surface area contributed by atoms with Crippen LogP contribution in [-0.2, 0) is 12.8 Å². The number of methoxy groups -OCH3 is 2. The zero-order valence-corrected chi connectivity index (χ0v) is 9.25. The van der Waals surface area contributed by atoms with Crippen LogP contribution in [0.5, 0.6) is 11.5 Å². The predicted molar refractivity (Wildman–Crippen MR) is 59.5 cm³/mol. The first-order valence-corrected chi connectivity index (χ1v) is 5.24. The molecular weight excluding hydrogens is 190 g/mol. The molecule has 1 aromatic carbocycles. The molecule has 1 aromatic rings. The molecule has 0 saturated carbocycles. The molecule has 0 aromatic heterocycles. The minimum atomic E-state index is 0.264. The van der Waals surface area contributed by atoms with Gasteiger partial charge >= 0.3 is 0 Å². The van der Waals surface area contributed by atoms with Gasteiger partial charge in [-0.05, 0) is 36.5 Å². The number of hydrogen-bond donors (Lipinski definition) is 1. The molecule has 0 fully saturated rings. The van der Waals surface area contributed by atoms with E-state index in [4.69, 9.17) is 15.2 Å². The Hall–Kier alpha value is -1.22. The van der Waals surface area contributed by atoms with Crippen LogP contribution in [0.4, 0.5) is 0 Å². The molecule has 0 saturated heterocycles. The monoisotopic (exact) mass is 207 g/mol. The summed E-state index contributed by atoms with van der Waals surface area (Å²) in [5.41, 5.74) is 8.52. The first kappa shape index (κ1) is 10.3. The Morgan fingerprint density at radius 1 is 1.27 bits per heavy atom. The van der Waals surface area contributed by atoms with Crippen LogP contribution in [0.25, 0.3) is 0 Å². The molecular formula is C12H17NO2. The molecule has 3 nitrogen and oxygen atoms in total. The largest absolute Gasteiger partial charge is 0.497 e. The van der Waals surface area contributed by atoms with E-state index in [1.165, 1.54) is 11.1 Å². The van der Waals surface area contributed by atoms with Gasteiger partial charge in [-0.15, -0.1) is 0 Å². The lowest BCUT2D eigenvalue weighted by atomic mass is 9.88. The molecule has 0 unspecified atom stereocenters. The Kier molecular flexibility index (Phi) is 2.82. The maximum Gasteiger partial charge on any atom is 0.126 e. The minimum Gasteiger partial charge on any atom is -0.497 e. The molecule has 1 atom stereocenters. The Morgan fingerprint density at radius 3 is 2.73 bits per heavy atom. The van der Waals surface area contributed by atoms with Crippen LogP contribution in [-0.4, -0.2) is 20.3 Å². The second kappa shape index (κ2) is 4.11. The first-order valence-electron chi connectivity index (χ1n) is 5.24. The van der Waals surface area contributed by atoms with Crippen molar-refractivity contribution in [3.63, 3.8) is 0 Å². The van der Waals surface area contributed by atoms with E-state index in [1.807, 2.05) is 6.07 Å². The molecule has 82 valence electrons. The summed E-state index contributed by atoms with van der Waals surface area (Å²) in [6.45, 7) is 0. The predicted octanol–water partition coefficient (Wildman–Crippen LogP) is 1.52. The molecule has 3 heteroatoms. The number of aryl methyl sites for hydroxylation is 1. The number of rotatable bonds is 2. The van der Waals surface area contributed by atoms with Gasteiger partial charge in [0.05, 0.1) is 14.2 Å². The standard InChI is InChI=1S/C12H17NO2/c1-14-10-5-8-3-4-9(13)6-11(8)12(7-10)15-2/h5,7,9H,3-4,6,13H2,1-2H3/t9-/m0/s1. The third kappa shape index (κ3) is 1.92. The van der Waals surface area contributed by atoms with Crippen molar-refractivity contribution in [2.75, 3.05) is 14.2 Å². The van der Waals surface area contributed by atoms with E-state index < -0.39 is 0 Å². The fourth-order valence-corrected chi connectivity index (χ4v) is 2.13. The normalized spacial score (nSPS) is 19.5. The molecule has 15 heavy (non-hydrogen) atoms. The molecule has 2 rings (SSSR count). The van der Waals surface area contributed by atoms with Crippen LogP contribution < -0.4 is 15.2 Å². The maximum absolute atomic E-state index is 5.96. The summed E-state index contributed by atoms with van der Waals surface area (Å²) in [6, 6.07) is 4.28. The fourth-order valence-electron chi connectivity index (χ4n) is 2.13. The van der Waals surface area contributed by atoms with Crippen molar-refractivity contribution in [1.82, 2.24) is 0 Å². The van der Waals surface area contributed by atoms with E-state index in [1.54, 1.807) is 14.2 Å². The van der Waals surface area contributed by atoms with Crippen LogP contribution in [0.2, 0.25) is 0 Å². The van der Waals surface area contributed by atoms with E-state index in [0.29, 0.717) is 0 Å². The zero-order valence-electron chi connectivity index (χ0n) is 9.25. The number of nitrogens with two attached hydrogens (primary N) is 1. The molecule has 0 bridgehead atoms. The Labute approximate surface area is 90.2 Å². The molecule has 0 heterocycles. The number of hydrogen-bond acceptors (Lipinski definition) is 3. The first-order chi connectivity index (χ1) is 7.24. The van der Waals surface area contributed by atoms with Crippen LogP contribution >= 0.6 is 0 Å². The van der Waals surface area contributed by atoms with Crippen molar-refractivity contribution < 1.29 is 9.47 Å². The van der Waals surface area contributed by atoms with Gasteiger partial charge in [-0.1, -0.05) is 0 Å². The third-order valence-electron chi connectivity index (χ3n) is 2.98. The highest BCUT2D eigenvalue weighted by Gasteiger charge is 2.20. The van der Waals surface area contributed by atoms with Gasteiger partial charge in [0, 0.05) is 12.1 Å². The van der Waals surface area contributed by atoms with Crippen LogP contribution in [0.3, 0.4) is 0 Å². The lowest BCUT2D eigenvalue weighted by Crippen LogP contribution is -2.28. The third-order valence-corrected chi connectivity index (χ3v) is 2.98. The van der Waals surface area contributed by atoms with E-state index in [2.05, 4.69) is 6.07 Å². The molecule has 1 aliphatic rings. The highest BCUT2D eigenvalue weighted by atomic mass is 16.5. The van der Waals surface area contributed by atoms with Gasteiger partial charge in [0.2, 0.25) is 0 Å². The van der Waals surface area contributed by atoms with Crippen LogP contribution in [0.15, 0.2) is 12.1 Å². The number of ether oxygens (including phenoxy) is 2. The van der Waals surface area contributed by atoms with Gasteiger partial charge in [-0.3, -0.25) is 0 Å². The van der Waals surface area contributed by atoms with Gasteiger partial charge in [-0.2, -0.15) is 0 Å². The Bertz CT molecular complexity index is 346. The quantitative estimate of drug-likeness (QED) is 0.799. The summed E-state index contributed by atoms with van der Waals surface area (Å²) in [6.07, 6.45) is 2.97. The van der Waals surface area contributed by atoms with Gasteiger partial charge in [0.25, 0.3) is 0 Å². The maximum atomic E-state index is 5.96. The molecule has 0 spiro atoms. The van der Waals surface area contributed by atoms with E-state index in [9.17, 15) is 0 Å². The Morgan fingerprint density at radius 2 is 2.07 bits per heavy atom. The molecule has 0 radical (unpaired) electrons. The fraction of sp³-hybridized carbons (Fsp3) is 0.500. The lowest BCUT2D eigenvalue weighted by Gasteiger charge is -2.24. The summed E-state index contributed by atoms with van der Waals surface area (Å²) < 4.78 is 10.6. The van der Waals surface area contributed by atoms with Crippen molar-refractivity contribution in [3.8, 4) is 11.5 Å². The summed E-state index contributed by atoms with van der Waals surface area (Å²) in [5, 5.41) is 0. The minimum absolute atomic E-state index is 0.264. The average molecular weight is 207 g/mol. The van der Waals surface area contributed by atoms with Crippen molar-refractivity contribution in [1.29, 1.82) is 0 Å². The van der Waals surface area contributed by atoms with Gasteiger partial charge < -0.3 is 15.2 Å². The van der Waals surface area contributed by atoms with Gasteiger partial charge in [0.1, 0.15) is 11.5 Å². The average Bonchev–Trinajstić information content (AvgIpc) is 2.27. The second-order valence-corrected chi connectivity index (χ2v) is 3.97. The van der Waals surface area contributed by atoms with Gasteiger partial charge in [-0.25, -0.2) is 0 Å². The van der Waals surface area contributed by atoms with Crippen molar-refractivity contribution in [3.05, 3.63) is 23.3 Å². The zero-order chi connectivity index (χ0) is 10.8. The lowest BCUT2D eigenvalue weighted by molar-refractivity contribution is 0.385. The summed E-state index contributed by atoms with van der Waals surface area (Å²) >= 11 is 0. The topological polar surface area (TPSA) is 44.5 Å². The van der Waals surface area contributed by atoms with Crippen LogP contribution in [0, 0.1) is 0 Å². The van der Waals surface area contributed by atoms with Crippen molar-refractivity contribution in [2.45, 2.75) is 25.3 Å². The number of fused-ring (bicyclic) bond motifs is 1. The summed E-state index contributed by atoms with van der Waals surface area (Å²) in [4.78, 5) is 0. The smallest absolute Gasteiger partial charge is 0.126 e. The summed E-state index contributed by atoms with van der Waals surface area (Å²) in [5.74, 6) is 1.76.